The Morgan fingerprint density at radius 1 is 1.31 bits per heavy atom. The normalized spacial score (nSPS) is 18.4. The summed E-state index contributed by atoms with van der Waals surface area (Å²) < 4.78 is 32.2. The number of thiophene rings is 1. The molecule has 1 N–H and O–H groups in total. The number of nitrogens with one attached hydrogen (secondary N) is 1. The number of carbonyl (C=O) groups excluding carboxylic acids is 1. The number of rotatable bonds is 6. The van der Waals surface area contributed by atoms with Gasteiger partial charge in [-0.15, -0.1) is 11.3 Å². The van der Waals surface area contributed by atoms with Gasteiger partial charge in [-0.2, -0.15) is 4.31 Å². The van der Waals surface area contributed by atoms with Crippen molar-refractivity contribution < 1.29 is 17.9 Å². The average molecular weight is 395 g/mol. The van der Waals surface area contributed by atoms with Crippen molar-refractivity contribution in [1.82, 2.24) is 9.62 Å². The minimum absolute atomic E-state index is 0.105. The summed E-state index contributed by atoms with van der Waals surface area (Å²) in [6.45, 7) is 1.11. The fourth-order valence-corrected chi connectivity index (χ4v) is 5.66. The van der Waals surface area contributed by atoms with Crippen molar-refractivity contribution in [3.8, 4) is 5.75 Å². The zero-order chi connectivity index (χ0) is 18.6. The van der Waals surface area contributed by atoms with Crippen molar-refractivity contribution in [1.29, 1.82) is 0 Å². The molecule has 1 aromatic heterocycles. The quantitative estimate of drug-likeness (QED) is 0.817. The van der Waals surface area contributed by atoms with E-state index in [9.17, 15) is 13.2 Å². The molecule has 1 aliphatic rings. The van der Waals surface area contributed by atoms with E-state index < -0.39 is 10.0 Å². The van der Waals surface area contributed by atoms with Crippen molar-refractivity contribution >= 4 is 27.3 Å². The van der Waals surface area contributed by atoms with Crippen molar-refractivity contribution in [3.63, 3.8) is 0 Å². The molecule has 6 nitrogen and oxygen atoms in total. The van der Waals surface area contributed by atoms with Crippen LogP contribution in [0.15, 0.2) is 46.0 Å². The van der Waals surface area contributed by atoms with Crippen LogP contribution in [0.4, 0.5) is 0 Å². The highest BCUT2D eigenvalue weighted by atomic mass is 32.2. The van der Waals surface area contributed by atoms with E-state index in [1.54, 1.807) is 24.6 Å². The second-order valence-electron chi connectivity index (χ2n) is 6.20. The van der Waals surface area contributed by atoms with Crippen LogP contribution in [-0.2, 0) is 21.4 Å². The van der Waals surface area contributed by atoms with Crippen LogP contribution >= 0.6 is 11.3 Å². The molecule has 1 aromatic carbocycles. The highest BCUT2D eigenvalue weighted by Crippen LogP contribution is 2.26. The van der Waals surface area contributed by atoms with Gasteiger partial charge in [0.25, 0.3) is 10.0 Å². The standard InChI is InChI=1S/C18H22N2O4S2/c1-24-16-8-6-14(7-9-16)12-19-18(21)15-4-2-10-20(13-15)26(22,23)17-5-3-11-25-17/h3,5-9,11,15H,2,4,10,12-13H2,1H3,(H,19,21)/t15-/m0/s1. The molecule has 0 aliphatic carbocycles. The Morgan fingerprint density at radius 3 is 2.73 bits per heavy atom. The Balaban J connectivity index is 1.59. The first-order valence-corrected chi connectivity index (χ1v) is 10.8. The molecule has 0 saturated carbocycles. The number of methoxy groups -OCH3 is 1. The lowest BCUT2D eigenvalue weighted by molar-refractivity contribution is -0.126. The predicted octanol–water partition coefficient (Wildman–Crippen LogP) is 2.47. The number of benzene rings is 1. The van der Waals surface area contributed by atoms with Gasteiger partial charge in [0.2, 0.25) is 5.91 Å². The second-order valence-corrected chi connectivity index (χ2v) is 9.31. The number of nitrogens with zero attached hydrogens (tertiary/aromatic N) is 1. The van der Waals surface area contributed by atoms with Gasteiger partial charge in [-0.05, 0) is 42.0 Å². The molecule has 140 valence electrons. The molecule has 0 unspecified atom stereocenters. The lowest BCUT2D eigenvalue weighted by Gasteiger charge is -2.30. The summed E-state index contributed by atoms with van der Waals surface area (Å²) in [5.41, 5.74) is 0.970. The lowest BCUT2D eigenvalue weighted by Crippen LogP contribution is -2.45. The zero-order valence-electron chi connectivity index (χ0n) is 14.6. The van der Waals surface area contributed by atoms with Crippen molar-refractivity contribution in [2.45, 2.75) is 23.6 Å². The van der Waals surface area contributed by atoms with Gasteiger partial charge >= 0.3 is 0 Å². The van der Waals surface area contributed by atoms with Gasteiger partial charge in [-0.25, -0.2) is 8.42 Å². The van der Waals surface area contributed by atoms with E-state index in [2.05, 4.69) is 5.32 Å². The SMILES string of the molecule is COc1ccc(CNC(=O)[C@H]2CCCN(S(=O)(=O)c3cccs3)C2)cc1. The fraction of sp³-hybridized carbons (Fsp3) is 0.389. The molecule has 1 atom stereocenters. The summed E-state index contributed by atoms with van der Waals surface area (Å²) in [5.74, 6) is 0.338. The van der Waals surface area contributed by atoms with Gasteiger partial charge in [-0.1, -0.05) is 18.2 Å². The molecule has 1 amide bonds. The number of hydrogen-bond acceptors (Lipinski definition) is 5. The largest absolute Gasteiger partial charge is 0.497 e. The van der Waals surface area contributed by atoms with Crippen molar-refractivity contribution in [3.05, 3.63) is 47.3 Å². The predicted molar refractivity (Wildman–Crippen MR) is 101 cm³/mol. The van der Waals surface area contributed by atoms with Crippen LogP contribution in [0.5, 0.6) is 5.75 Å². The average Bonchev–Trinajstić information content (AvgIpc) is 3.22. The topological polar surface area (TPSA) is 75.7 Å². The summed E-state index contributed by atoms with van der Waals surface area (Å²) in [7, 11) is -1.89. The molecule has 0 spiro atoms. The fourth-order valence-electron chi connectivity index (χ4n) is 2.99. The van der Waals surface area contributed by atoms with E-state index >= 15 is 0 Å². The maximum absolute atomic E-state index is 12.6. The number of piperidine rings is 1. The van der Waals surface area contributed by atoms with E-state index in [-0.39, 0.29) is 18.4 Å². The van der Waals surface area contributed by atoms with Gasteiger partial charge in [0, 0.05) is 19.6 Å². The Hall–Kier alpha value is -1.90. The minimum Gasteiger partial charge on any atom is -0.497 e. The molecular weight excluding hydrogens is 372 g/mol. The van der Waals surface area contributed by atoms with Gasteiger partial charge in [0.1, 0.15) is 9.96 Å². The van der Waals surface area contributed by atoms with E-state index in [4.69, 9.17) is 4.74 Å². The molecule has 2 aromatic rings. The number of amides is 1. The smallest absolute Gasteiger partial charge is 0.252 e. The third-order valence-electron chi connectivity index (χ3n) is 4.47. The van der Waals surface area contributed by atoms with E-state index in [0.717, 1.165) is 11.3 Å². The first-order chi connectivity index (χ1) is 12.5. The monoisotopic (exact) mass is 394 g/mol. The first-order valence-electron chi connectivity index (χ1n) is 8.45. The highest BCUT2D eigenvalue weighted by molar-refractivity contribution is 7.91. The van der Waals surface area contributed by atoms with Gasteiger partial charge in [0.05, 0.1) is 13.0 Å². The molecule has 1 saturated heterocycles. The molecule has 0 bridgehead atoms. The van der Waals surface area contributed by atoms with Crippen molar-refractivity contribution in [2.24, 2.45) is 5.92 Å². The Morgan fingerprint density at radius 2 is 2.08 bits per heavy atom. The lowest BCUT2D eigenvalue weighted by atomic mass is 9.99. The van der Waals surface area contributed by atoms with Crippen LogP contribution in [0.1, 0.15) is 18.4 Å². The first kappa shape index (κ1) is 18.9. The van der Waals surface area contributed by atoms with Gasteiger partial charge in [0.15, 0.2) is 0 Å². The third-order valence-corrected chi connectivity index (χ3v) is 7.71. The molecular formula is C18H22N2O4S2. The number of ether oxygens (including phenoxy) is 1. The highest BCUT2D eigenvalue weighted by Gasteiger charge is 2.33. The van der Waals surface area contributed by atoms with Crippen LogP contribution in [0, 0.1) is 5.92 Å². The minimum atomic E-state index is -3.50. The third kappa shape index (κ3) is 4.25. The van der Waals surface area contributed by atoms with E-state index in [1.807, 2.05) is 24.3 Å². The van der Waals surface area contributed by atoms with Gasteiger partial charge < -0.3 is 10.1 Å². The molecule has 26 heavy (non-hydrogen) atoms. The van der Waals surface area contributed by atoms with Crippen LogP contribution in [-0.4, -0.2) is 38.8 Å². The van der Waals surface area contributed by atoms with Crippen LogP contribution < -0.4 is 10.1 Å². The summed E-state index contributed by atoms with van der Waals surface area (Å²) in [4.78, 5) is 12.5. The van der Waals surface area contributed by atoms with Crippen LogP contribution in [0.3, 0.4) is 0 Å². The van der Waals surface area contributed by atoms with Crippen LogP contribution in [0.2, 0.25) is 0 Å². The van der Waals surface area contributed by atoms with Crippen molar-refractivity contribution in [2.75, 3.05) is 20.2 Å². The Kier molecular flexibility index (Phi) is 5.95. The van der Waals surface area contributed by atoms with Crippen LogP contribution in [0.25, 0.3) is 0 Å². The molecule has 8 heteroatoms. The number of sulfonamides is 1. The molecule has 3 rings (SSSR count). The summed E-state index contributed by atoms with van der Waals surface area (Å²) in [5, 5.41) is 4.66. The number of hydrogen-bond donors (Lipinski definition) is 1. The Bertz CT molecular complexity index is 833. The van der Waals surface area contributed by atoms with E-state index in [1.165, 1.54) is 15.6 Å². The van der Waals surface area contributed by atoms with E-state index in [0.29, 0.717) is 30.1 Å². The summed E-state index contributed by atoms with van der Waals surface area (Å²) >= 11 is 1.20. The Labute approximate surface area is 157 Å². The molecule has 1 fully saturated rings. The molecule has 0 radical (unpaired) electrons. The summed E-state index contributed by atoms with van der Waals surface area (Å²) in [6.07, 6.45) is 1.39. The molecule has 2 heterocycles. The second kappa shape index (κ2) is 8.20. The molecule has 1 aliphatic heterocycles. The number of carbonyl (C=O) groups is 1. The maximum Gasteiger partial charge on any atom is 0.252 e. The zero-order valence-corrected chi connectivity index (χ0v) is 16.2. The maximum atomic E-state index is 12.6. The summed E-state index contributed by atoms with van der Waals surface area (Å²) in [6, 6.07) is 10.8. The van der Waals surface area contributed by atoms with Gasteiger partial charge in [-0.3, -0.25) is 4.79 Å².